The van der Waals surface area contributed by atoms with Crippen molar-refractivity contribution in [3.8, 4) is 0 Å². The molecule has 0 amide bonds. The monoisotopic (exact) mass is 257 g/mol. The molecule has 0 aromatic heterocycles. The molecule has 0 spiro atoms. The first kappa shape index (κ1) is 17.9. The highest BCUT2D eigenvalue weighted by atomic mass is 15.1. The molecule has 0 atom stereocenters. The van der Waals surface area contributed by atoms with Crippen molar-refractivity contribution in [2.75, 3.05) is 60.9 Å². The second-order valence-corrected chi connectivity index (χ2v) is 5.77. The van der Waals surface area contributed by atoms with Crippen molar-refractivity contribution in [3.05, 3.63) is 0 Å². The minimum Gasteiger partial charge on any atom is -0.309 e. The van der Waals surface area contributed by atoms with Gasteiger partial charge in [-0.2, -0.15) is 0 Å². The predicted molar refractivity (Wildman–Crippen MR) is 82.3 cm³/mol. The predicted octanol–water partition coefficient (Wildman–Crippen LogP) is 2.38. The summed E-state index contributed by atoms with van der Waals surface area (Å²) in [4.78, 5) is 6.99. The van der Waals surface area contributed by atoms with Crippen LogP contribution in [0.5, 0.6) is 0 Å². The molecule has 0 unspecified atom stereocenters. The van der Waals surface area contributed by atoms with E-state index >= 15 is 0 Å². The van der Waals surface area contributed by atoms with Gasteiger partial charge in [-0.25, -0.2) is 0 Å². The fourth-order valence-electron chi connectivity index (χ4n) is 2.04. The molecule has 18 heavy (non-hydrogen) atoms. The maximum absolute atomic E-state index is 2.42. The normalized spacial score (nSPS) is 17.5. The lowest BCUT2D eigenvalue weighted by Gasteiger charge is -2.15. The van der Waals surface area contributed by atoms with Crippen LogP contribution in [0.3, 0.4) is 0 Å². The Bertz CT molecular complexity index is 163. The Labute approximate surface area is 115 Å². The quantitative estimate of drug-likeness (QED) is 0.749. The van der Waals surface area contributed by atoms with E-state index in [9.17, 15) is 0 Å². The van der Waals surface area contributed by atoms with Crippen LogP contribution in [0.15, 0.2) is 0 Å². The van der Waals surface area contributed by atoms with E-state index in [1.165, 1.54) is 58.3 Å². The Hall–Kier alpha value is -0.120. The SMILES string of the molecule is CCN(C)CCCN(C)C.CN1CCCCCC1. The summed E-state index contributed by atoms with van der Waals surface area (Å²) < 4.78 is 0. The molecule has 1 aliphatic rings. The summed E-state index contributed by atoms with van der Waals surface area (Å²) in [7, 11) is 8.61. The number of likely N-dealkylation sites (tertiary alicyclic amines) is 1. The third-order valence-corrected chi connectivity index (χ3v) is 3.51. The summed E-state index contributed by atoms with van der Waals surface area (Å²) in [6, 6.07) is 0. The first-order chi connectivity index (χ1) is 8.56. The molecule has 0 aromatic rings. The minimum atomic E-state index is 1.16. The summed E-state index contributed by atoms with van der Waals surface area (Å²) in [6.07, 6.45) is 7.00. The third-order valence-electron chi connectivity index (χ3n) is 3.51. The molecule has 0 radical (unpaired) electrons. The number of hydrogen-bond acceptors (Lipinski definition) is 3. The standard InChI is InChI=1S/C8H20N2.C7H15N/c1-5-10(4)8-6-7-9(2)3;1-8-6-4-2-3-5-7-8/h5-8H2,1-4H3;2-7H2,1H3. The van der Waals surface area contributed by atoms with Gasteiger partial charge in [0, 0.05) is 0 Å². The third kappa shape index (κ3) is 12.3. The molecular weight excluding hydrogens is 222 g/mol. The molecule has 0 bridgehead atoms. The number of rotatable bonds is 5. The van der Waals surface area contributed by atoms with Crippen molar-refractivity contribution in [2.24, 2.45) is 0 Å². The van der Waals surface area contributed by atoms with Crippen LogP contribution in [-0.4, -0.2) is 75.6 Å². The molecule has 110 valence electrons. The fraction of sp³-hybridized carbons (Fsp3) is 1.00. The topological polar surface area (TPSA) is 9.72 Å². The first-order valence-electron chi connectivity index (χ1n) is 7.58. The van der Waals surface area contributed by atoms with Gasteiger partial charge < -0.3 is 14.7 Å². The van der Waals surface area contributed by atoms with Gasteiger partial charge in [0.25, 0.3) is 0 Å². The lowest BCUT2D eigenvalue weighted by molar-refractivity contribution is 0.312. The van der Waals surface area contributed by atoms with Crippen molar-refractivity contribution in [2.45, 2.75) is 39.0 Å². The van der Waals surface area contributed by atoms with Crippen molar-refractivity contribution in [1.82, 2.24) is 14.7 Å². The van der Waals surface area contributed by atoms with Gasteiger partial charge in [-0.1, -0.05) is 19.8 Å². The Morgan fingerprint density at radius 1 is 0.889 bits per heavy atom. The highest BCUT2D eigenvalue weighted by Crippen LogP contribution is 2.06. The van der Waals surface area contributed by atoms with E-state index in [2.05, 4.69) is 49.8 Å². The molecule has 3 nitrogen and oxygen atoms in total. The zero-order valence-electron chi connectivity index (χ0n) is 13.4. The smallest absolute Gasteiger partial charge is 0.000972 e. The minimum absolute atomic E-state index is 1.16. The van der Waals surface area contributed by atoms with Crippen LogP contribution in [0, 0.1) is 0 Å². The van der Waals surface area contributed by atoms with Crippen LogP contribution in [0.4, 0.5) is 0 Å². The zero-order chi connectivity index (χ0) is 13.8. The van der Waals surface area contributed by atoms with Gasteiger partial charge in [0.15, 0.2) is 0 Å². The van der Waals surface area contributed by atoms with Crippen LogP contribution in [-0.2, 0) is 0 Å². The van der Waals surface area contributed by atoms with Crippen LogP contribution < -0.4 is 0 Å². The molecule has 0 saturated carbocycles. The summed E-state index contributed by atoms with van der Waals surface area (Å²) in [6.45, 7) is 8.40. The first-order valence-corrected chi connectivity index (χ1v) is 7.58. The van der Waals surface area contributed by atoms with E-state index in [0.29, 0.717) is 0 Å². The van der Waals surface area contributed by atoms with Gasteiger partial charge in [-0.05, 0) is 80.2 Å². The summed E-state index contributed by atoms with van der Waals surface area (Å²) in [5.74, 6) is 0. The van der Waals surface area contributed by atoms with Gasteiger partial charge in [0.05, 0.1) is 0 Å². The molecule has 3 heteroatoms. The molecule has 0 N–H and O–H groups in total. The van der Waals surface area contributed by atoms with Crippen molar-refractivity contribution < 1.29 is 0 Å². The summed E-state index contributed by atoms with van der Waals surface area (Å²) >= 11 is 0. The molecule has 0 aliphatic carbocycles. The Morgan fingerprint density at radius 3 is 1.89 bits per heavy atom. The largest absolute Gasteiger partial charge is 0.309 e. The molecular formula is C15H35N3. The van der Waals surface area contributed by atoms with E-state index in [4.69, 9.17) is 0 Å². The van der Waals surface area contributed by atoms with Crippen LogP contribution in [0.2, 0.25) is 0 Å². The zero-order valence-corrected chi connectivity index (χ0v) is 13.4. The van der Waals surface area contributed by atoms with Crippen molar-refractivity contribution >= 4 is 0 Å². The lowest BCUT2D eigenvalue weighted by Crippen LogP contribution is -2.23. The molecule has 1 aliphatic heterocycles. The number of nitrogens with zero attached hydrogens (tertiary/aromatic N) is 3. The van der Waals surface area contributed by atoms with Crippen molar-refractivity contribution in [3.63, 3.8) is 0 Å². The summed E-state index contributed by atoms with van der Waals surface area (Å²) in [5, 5.41) is 0. The van der Waals surface area contributed by atoms with E-state index in [1.54, 1.807) is 0 Å². The molecule has 1 heterocycles. The molecule has 0 aromatic carbocycles. The second-order valence-electron chi connectivity index (χ2n) is 5.77. The van der Waals surface area contributed by atoms with Gasteiger partial charge in [0.1, 0.15) is 0 Å². The van der Waals surface area contributed by atoms with Crippen molar-refractivity contribution in [1.29, 1.82) is 0 Å². The maximum Gasteiger partial charge on any atom is -0.000972 e. The maximum atomic E-state index is 2.42. The van der Waals surface area contributed by atoms with E-state index < -0.39 is 0 Å². The number of hydrogen-bond donors (Lipinski definition) is 0. The highest BCUT2D eigenvalue weighted by Gasteiger charge is 2.01. The molecule has 1 fully saturated rings. The average molecular weight is 257 g/mol. The van der Waals surface area contributed by atoms with Gasteiger partial charge >= 0.3 is 0 Å². The van der Waals surface area contributed by atoms with Gasteiger partial charge in [0.2, 0.25) is 0 Å². The Kier molecular flexibility index (Phi) is 11.9. The van der Waals surface area contributed by atoms with Gasteiger partial charge in [-0.3, -0.25) is 0 Å². The molecule has 1 rings (SSSR count). The Balaban J connectivity index is 0.000000327. The van der Waals surface area contributed by atoms with Gasteiger partial charge in [-0.15, -0.1) is 0 Å². The average Bonchev–Trinajstić information content (AvgIpc) is 2.57. The lowest BCUT2D eigenvalue weighted by atomic mass is 10.2. The molecule has 1 saturated heterocycles. The van der Waals surface area contributed by atoms with Crippen LogP contribution in [0.25, 0.3) is 0 Å². The fourth-order valence-corrected chi connectivity index (χ4v) is 2.04. The van der Waals surface area contributed by atoms with E-state index in [1.807, 2.05) is 0 Å². The highest BCUT2D eigenvalue weighted by molar-refractivity contribution is 4.57. The summed E-state index contributed by atoms with van der Waals surface area (Å²) in [5.41, 5.74) is 0. The second kappa shape index (κ2) is 11.9. The van der Waals surface area contributed by atoms with E-state index in [0.717, 1.165) is 6.54 Å². The van der Waals surface area contributed by atoms with Crippen LogP contribution in [0.1, 0.15) is 39.0 Å². The van der Waals surface area contributed by atoms with Crippen LogP contribution >= 0.6 is 0 Å². The van der Waals surface area contributed by atoms with E-state index in [-0.39, 0.29) is 0 Å². The Morgan fingerprint density at radius 2 is 1.44 bits per heavy atom.